The molecule has 0 saturated heterocycles. The summed E-state index contributed by atoms with van der Waals surface area (Å²) in [6, 6.07) is 15.4. The van der Waals surface area contributed by atoms with E-state index in [-0.39, 0.29) is 6.04 Å². The van der Waals surface area contributed by atoms with E-state index in [1.54, 1.807) is 0 Å². The predicted molar refractivity (Wildman–Crippen MR) is 110 cm³/mol. The fraction of sp³-hybridized carbons (Fsp3) is 0.304. The summed E-state index contributed by atoms with van der Waals surface area (Å²) in [6.07, 6.45) is 6.09. The third-order valence-corrected chi connectivity index (χ3v) is 4.48. The minimum atomic E-state index is 0.0420. The van der Waals surface area contributed by atoms with Crippen molar-refractivity contribution in [1.82, 2.24) is 5.32 Å². The van der Waals surface area contributed by atoms with Crippen LogP contribution in [-0.4, -0.2) is 45.7 Å². The van der Waals surface area contributed by atoms with Crippen LogP contribution < -0.4 is 24.3 Å². The summed E-state index contributed by atoms with van der Waals surface area (Å²) in [5.41, 5.74) is 0.977. The summed E-state index contributed by atoms with van der Waals surface area (Å²) in [6.45, 7) is 2.70. The third kappa shape index (κ3) is 5.45. The normalized spacial score (nSPS) is 19.9. The van der Waals surface area contributed by atoms with Gasteiger partial charge in [-0.25, -0.2) is 0 Å². The number of nitrogens with one attached hydrogen (secondary N) is 1. The molecule has 4 rings (SSSR count). The van der Waals surface area contributed by atoms with Crippen molar-refractivity contribution in [3.63, 3.8) is 0 Å². The summed E-state index contributed by atoms with van der Waals surface area (Å²) in [5.74, 6) is 2.83. The van der Waals surface area contributed by atoms with Crippen molar-refractivity contribution >= 4 is 0 Å². The van der Waals surface area contributed by atoms with Crippen molar-refractivity contribution in [1.29, 1.82) is 0 Å². The maximum Gasteiger partial charge on any atom is 0.161 e. The molecular weight excluding hydrogens is 370 g/mol. The highest BCUT2D eigenvalue weighted by Crippen LogP contribution is 2.28. The second-order valence-electron chi connectivity index (χ2n) is 6.63. The van der Waals surface area contributed by atoms with Gasteiger partial charge >= 0.3 is 0 Å². The smallest absolute Gasteiger partial charge is 0.161 e. The molecule has 6 heteroatoms. The van der Waals surface area contributed by atoms with Gasteiger partial charge in [0.05, 0.1) is 19.3 Å². The lowest BCUT2D eigenvalue weighted by atomic mass is 10.2. The summed E-state index contributed by atoms with van der Waals surface area (Å²) in [5, 5.41) is 3.44. The summed E-state index contributed by atoms with van der Waals surface area (Å²) in [7, 11) is 0. The number of ether oxygens (including phenoxy) is 5. The maximum atomic E-state index is 6.01. The zero-order valence-electron chi connectivity index (χ0n) is 16.2. The average molecular weight is 395 g/mol. The molecule has 0 amide bonds. The first-order valence-electron chi connectivity index (χ1n) is 9.79. The van der Waals surface area contributed by atoms with Crippen LogP contribution in [-0.2, 0) is 4.74 Å². The van der Waals surface area contributed by atoms with E-state index >= 15 is 0 Å². The van der Waals surface area contributed by atoms with E-state index in [2.05, 4.69) is 11.4 Å². The minimum absolute atomic E-state index is 0.0420. The topological polar surface area (TPSA) is 58.2 Å². The first-order valence-corrected chi connectivity index (χ1v) is 9.79. The second-order valence-corrected chi connectivity index (χ2v) is 6.63. The Balaban J connectivity index is 1.46. The number of benzene rings is 2. The van der Waals surface area contributed by atoms with Crippen molar-refractivity contribution < 1.29 is 23.7 Å². The van der Waals surface area contributed by atoms with Gasteiger partial charge in [0, 0.05) is 5.70 Å². The molecular formula is C23H25NO5. The number of dihydropyridines is 1. The Bertz CT molecular complexity index is 864. The predicted octanol–water partition coefficient (Wildman–Crippen LogP) is 3.34. The van der Waals surface area contributed by atoms with Gasteiger partial charge in [0.1, 0.15) is 26.4 Å². The third-order valence-electron chi connectivity index (χ3n) is 4.48. The van der Waals surface area contributed by atoms with E-state index < -0.39 is 0 Å². The molecule has 6 nitrogen and oxygen atoms in total. The largest absolute Gasteiger partial charge is 0.487 e. The van der Waals surface area contributed by atoms with Crippen molar-refractivity contribution in [3.05, 3.63) is 72.5 Å². The molecule has 0 radical (unpaired) electrons. The first kappa shape index (κ1) is 19.2. The van der Waals surface area contributed by atoms with Gasteiger partial charge in [-0.15, -0.1) is 0 Å². The van der Waals surface area contributed by atoms with Gasteiger partial charge in [0.25, 0.3) is 0 Å². The zero-order chi connectivity index (χ0) is 19.7. The van der Waals surface area contributed by atoms with Gasteiger partial charge in [0.15, 0.2) is 23.0 Å². The van der Waals surface area contributed by atoms with Gasteiger partial charge in [0.2, 0.25) is 0 Å². The molecule has 0 aliphatic carbocycles. The fourth-order valence-electron chi connectivity index (χ4n) is 3.06. The average Bonchev–Trinajstić information content (AvgIpc) is 2.77. The molecule has 2 aliphatic rings. The number of para-hydroxylation sites is 4. The highest BCUT2D eigenvalue weighted by atomic mass is 16.6. The van der Waals surface area contributed by atoms with E-state index in [9.17, 15) is 0 Å². The fourth-order valence-corrected chi connectivity index (χ4v) is 3.06. The molecule has 2 bridgehead atoms. The van der Waals surface area contributed by atoms with Crippen LogP contribution in [0.3, 0.4) is 0 Å². The van der Waals surface area contributed by atoms with Crippen molar-refractivity contribution in [2.75, 3.05) is 39.6 Å². The molecule has 0 spiro atoms. The number of allylic oxidation sites excluding steroid dienone is 2. The molecule has 2 aliphatic heterocycles. The van der Waals surface area contributed by atoms with Crippen molar-refractivity contribution in [2.24, 2.45) is 0 Å². The summed E-state index contributed by atoms with van der Waals surface area (Å²) in [4.78, 5) is 0. The Morgan fingerprint density at radius 3 is 1.93 bits per heavy atom. The lowest BCUT2D eigenvalue weighted by Gasteiger charge is -2.23. The van der Waals surface area contributed by atoms with E-state index in [4.69, 9.17) is 23.7 Å². The molecule has 1 unspecified atom stereocenters. The molecule has 2 aromatic rings. The van der Waals surface area contributed by atoms with Crippen LogP contribution in [0.15, 0.2) is 72.5 Å². The monoisotopic (exact) mass is 395 g/mol. The summed E-state index contributed by atoms with van der Waals surface area (Å²) >= 11 is 0. The first-order chi connectivity index (χ1) is 14.4. The highest BCUT2D eigenvalue weighted by molar-refractivity contribution is 5.40. The van der Waals surface area contributed by atoms with Crippen LogP contribution in [0.2, 0.25) is 0 Å². The lowest BCUT2D eigenvalue weighted by Crippen LogP contribution is -2.35. The van der Waals surface area contributed by atoms with Gasteiger partial charge in [-0.1, -0.05) is 36.4 Å². The van der Waals surface area contributed by atoms with E-state index in [1.807, 2.05) is 60.7 Å². The van der Waals surface area contributed by atoms with Crippen LogP contribution in [0.5, 0.6) is 23.0 Å². The van der Waals surface area contributed by atoms with Crippen molar-refractivity contribution in [2.45, 2.75) is 6.04 Å². The minimum Gasteiger partial charge on any atom is -0.487 e. The Kier molecular flexibility index (Phi) is 6.55. The van der Waals surface area contributed by atoms with Gasteiger partial charge in [-0.2, -0.15) is 0 Å². The van der Waals surface area contributed by atoms with Gasteiger partial charge in [-0.3, -0.25) is 0 Å². The van der Waals surface area contributed by atoms with Crippen LogP contribution in [0.4, 0.5) is 0 Å². The molecule has 0 saturated carbocycles. The number of hydrogen-bond donors (Lipinski definition) is 1. The zero-order valence-corrected chi connectivity index (χ0v) is 16.2. The maximum absolute atomic E-state index is 6.01. The Morgan fingerprint density at radius 1 is 0.690 bits per heavy atom. The highest BCUT2D eigenvalue weighted by Gasteiger charge is 2.14. The van der Waals surface area contributed by atoms with Crippen LogP contribution in [0.1, 0.15) is 0 Å². The molecule has 152 valence electrons. The number of rotatable bonds is 0. The van der Waals surface area contributed by atoms with E-state index in [1.165, 1.54) is 0 Å². The molecule has 2 aromatic carbocycles. The molecule has 2 heterocycles. The Hall–Kier alpha value is -3.12. The van der Waals surface area contributed by atoms with Crippen LogP contribution >= 0.6 is 0 Å². The lowest BCUT2D eigenvalue weighted by molar-refractivity contribution is 0.0745. The summed E-state index contributed by atoms with van der Waals surface area (Å²) < 4.78 is 29.3. The SMILES string of the molecule is C1=CC2COc3ccccc3OCCOCCOc3ccccc3OCC(=C1)N2. The molecule has 0 fully saturated rings. The molecule has 0 aromatic heterocycles. The van der Waals surface area contributed by atoms with Crippen molar-refractivity contribution in [3.8, 4) is 23.0 Å². The van der Waals surface area contributed by atoms with E-state index in [0.29, 0.717) is 62.6 Å². The Morgan fingerprint density at radius 2 is 1.28 bits per heavy atom. The second kappa shape index (κ2) is 9.89. The molecule has 29 heavy (non-hydrogen) atoms. The standard InChI is InChI=1S/C23H25NO5/c1-3-10-22-20(8-1)26-14-12-25-13-15-27-21-9-2-4-11-23(21)29-17-19-7-5-6-18(24-19)16-28-22/h1-11,18,24H,12-17H2. The number of fused-ring (bicyclic) bond motifs is 4. The Labute approximate surface area is 170 Å². The van der Waals surface area contributed by atoms with Gasteiger partial charge in [-0.05, 0) is 30.3 Å². The molecule has 1 N–H and O–H groups in total. The number of hydrogen-bond acceptors (Lipinski definition) is 6. The van der Waals surface area contributed by atoms with E-state index in [0.717, 1.165) is 5.70 Å². The molecule has 1 atom stereocenters. The quantitative estimate of drug-likeness (QED) is 0.738. The van der Waals surface area contributed by atoms with Gasteiger partial charge < -0.3 is 29.0 Å². The van der Waals surface area contributed by atoms with Crippen LogP contribution in [0, 0.1) is 0 Å². The van der Waals surface area contributed by atoms with Crippen LogP contribution in [0.25, 0.3) is 0 Å².